The molecule has 0 N–H and O–H groups in total. The predicted molar refractivity (Wildman–Crippen MR) is 45.2 cm³/mol. The van der Waals surface area contributed by atoms with Crippen molar-refractivity contribution in [2.24, 2.45) is 0 Å². The fraction of sp³-hybridized carbons (Fsp3) is 0.400. The molecule has 0 radical (unpaired) electrons. The Morgan fingerprint density at radius 3 is 2.50 bits per heavy atom. The monoisotopic (exact) mass is 134 g/mol. The van der Waals surface area contributed by atoms with Crippen LogP contribution >= 0.6 is 0 Å². The fourth-order valence-electron chi connectivity index (χ4n) is 1.16. The minimum Gasteiger partial charge on any atom is -0.0651 e. The van der Waals surface area contributed by atoms with Crippen molar-refractivity contribution in [3.8, 4) is 0 Å². The second-order valence-electron chi connectivity index (χ2n) is 2.68. The van der Waals surface area contributed by atoms with Gasteiger partial charge in [0.25, 0.3) is 0 Å². The smallest absolute Gasteiger partial charge is 0.0279 e. The Morgan fingerprint density at radius 2 is 1.90 bits per heavy atom. The van der Waals surface area contributed by atoms with Crippen LogP contribution in [0.5, 0.6) is 0 Å². The van der Waals surface area contributed by atoms with Gasteiger partial charge >= 0.3 is 0 Å². The van der Waals surface area contributed by atoms with Gasteiger partial charge in [-0.2, -0.15) is 0 Å². The maximum atomic E-state index is 2.21. The van der Waals surface area contributed by atoms with Crippen LogP contribution in [0.25, 0.3) is 0 Å². The van der Waals surface area contributed by atoms with Crippen LogP contribution in [0, 0.1) is 6.92 Å². The van der Waals surface area contributed by atoms with Gasteiger partial charge in [0.1, 0.15) is 0 Å². The first-order valence-corrected chi connectivity index (χ1v) is 3.89. The van der Waals surface area contributed by atoms with Gasteiger partial charge in [0.15, 0.2) is 0 Å². The van der Waals surface area contributed by atoms with Crippen LogP contribution in [0.15, 0.2) is 24.3 Å². The molecule has 0 nitrogen and oxygen atoms in total. The summed E-state index contributed by atoms with van der Waals surface area (Å²) >= 11 is 0. The van der Waals surface area contributed by atoms with Crippen molar-refractivity contribution in [2.75, 3.05) is 0 Å². The molecule has 1 rings (SSSR count). The highest BCUT2D eigenvalue weighted by atomic mass is 14.0. The Morgan fingerprint density at radius 1 is 1.20 bits per heavy atom. The van der Waals surface area contributed by atoms with Gasteiger partial charge in [-0.05, 0) is 24.5 Å². The van der Waals surface area contributed by atoms with Gasteiger partial charge in [-0.3, -0.25) is 0 Å². The molecule has 0 amide bonds. The standard InChI is InChI=1S/C10H14/c1-3-6-10-8-5-4-7-9(10)2/h4-5,7-8H,3,6H2,1-2H3. The van der Waals surface area contributed by atoms with Crippen molar-refractivity contribution >= 4 is 0 Å². The van der Waals surface area contributed by atoms with Crippen LogP contribution in [0.3, 0.4) is 0 Å². The maximum Gasteiger partial charge on any atom is -0.0279 e. The summed E-state index contributed by atoms with van der Waals surface area (Å²) in [6, 6.07) is 8.58. The minimum absolute atomic E-state index is 1.21. The van der Waals surface area contributed by atoms with E-state index in [4.69, 9.17) is 0 Å². The summed E-state index contributed by atoms with van der Waals surface area (Å²) in [5, 5.41) is 0. The van der Waals surface area contributed by atoms with Crippen molar-refractivity contribution in [3.63, 3.8) is 0 Å². The Labute approximate surface area is 62.9 Å². The molecule has 10 heavy (non-hydrogen) atoms. The zero-order valence-electron chi connectivity index (χ0n) is 6.72. The molecule has 1 aromatic carbocycles. The summed E-state index contributed by atoms with van der Waals surface area (Å²) in [6.07, 6.45) is 2.46. The van der Waals surface area contributed by atoms with E-state index in [1.165, 1.54) is 24.0 Å². The number of rotatable bonds is 2. The van der Waals surface area contributed by atoms with E-state index in [1.54, 1.807) is 0 Å². The lowest BCUT2D eigenvalue weighted by Crippen LogP contribution is -1.85. The fourth-order valence-corrected chi connectivity index (χ4v) is 1.16. The van der Waals surface area contributed by atoms with Gasteiger partial charge in [-0.1, -0.05) is 37.6 Å². The van der Waals surface area contributed by atoms with Gasteiger partial charge in [-0.25, -0.2) is 0 Å². The lowest BCUT2D eigenvalue weighted by Gasteiger charge is -2.01. The first-order valence-electron chi connectivity index (χ1n) is 3.89. The topological polar surface area (TPSA) is 0 Å². The van der Waals surface area contributed by atoms with Gasteiger partial charge in [-0.15, -0.1) is 0 Å². The SMILES string of the molecule is CCCc1ccccc1C. The second-order valence-corrected chi connectivity index (χ2v) is 2.68. The molecule has 0 atom stereocenters. The normalized spacial score (nSPS) is 9.80. The molecule has 0 bridgehead atoms. The van der Waals surface area contributed by atoms with Crippen molar-refractivity contribution in [1.29, 1.82) is 0 Å². The molecule has 0 aliphatic heterocycles. The molecule has 0 aliphatic rings. The van der Waals surface area contributed by atoms with Crippen LogP contribution < -0.4 is 0 Å². The van der Waals surface area contributed by atoms with Crippen molar-refractivity contribution < 1.29 is 0 Å². The highest BCUT2D eigenvalue weighted by Crippen LogP contribution is 2.08. The number of hydrogen-bond acceptors (Lipinski definition) is 0. The molecule has 0 aliphatic carbocycles. The molecular weight excluding hydrogens is 120 g/mol. The third-order valence-corrected chi connectivity index (χ3v) is 1.78. The van der Waals surface area contributed by atoms with Crippen molar-refractivity contribution in [2.45, 2.75) is 26.7 Å². The Kier molecular flexibility index (Phi) is 2.49. The molecule has 0 saturated carbocycles. The van der Waals surface area contributed by atoms with Crippen LogP contribution in [0.2, 0.25) is 0 Å². The average molecular weight is 134 g/mol. The minimum atomic E-state index is 1.21. The Bertz CT molecular complexity index is 201. The molecule has 0 heteroatoms. The highest BCUT2D eigenvalue weighted by molar-refractivity contribution is 5.25. The quantitative estimate of drug-likeness (QED) is 0.583. The highest BCUT2D eigenvalue weighted by Gasteiger charge is 1.92. The van der Waals surface area contributed by atoms with E-state index >= 15 is 0 Å². The Hall–Kier alpha value is -0.780. The van der Waals surface area contributed by atoms with E-state index in [9.17, 15) is 0 Å². The summed E-state index contributed by atoms with van der Waals surface area (Å²) in [5.41, 5.74) is 2.91. The molecule has 0 fully saturated rings. The summed E-state index contributed by atoms with van der Waals surface area (Å²) in [5.74, 6) is 0. The predicted octanol–water partition coefficient (Wildman–Crippen LogP) is 2.95. The third-order valence-electron chi connectivity index (χ3n) is 1.78. The summed E-state index contributed by atoms with van der Waals surface area (Å²) in [4.78, 5) is 0. The van der Waals surface area contributed by atoms with Crippen LogP contribution in [-0.2, 0) is 6.42 Å². The van der Waals surface area contributed by atoms with E-state index < -0.39 is 0 Å². The van der Waals surface area contributed by atoms with E-state index in [0.717, 1.165) is 0 Å². The average Bonchev–Trinajstić information content (AvgIpc) is 1.94. The third kappa shape index (κ3) is 1.60. The summed E-state index contributed by atoms with van der Waals surface area (Å²) < 4.78 is 0. The van der Waals surface area contributed by atoms with E-state index in [0.29, 0.717) is 0 Å². The summed E-state index contributed by atoms with van der Waals surface area (Å²) in [6.45, 7) is 4.39. The van der Waals surface area contributed by atoms with Gasteiger partial charge < -0.3 is 0 Å². The number of hydrogen-bond donors (Lipinski definition) is 0. The van der Waals surface area contributed by atoms with Crippen molar-refractivity contribution in [1.82, 2.24) is 0 Å². The first kappa shape index (κ1) is 7.33. The lowest BCUT2D eigenvalue weighted by molar-refractivity contribution is 0.913. The molecule has 0 unspecified atom stereocenters. The zero-order chi connectivity index (χ0) is 7.40. The van der Waals surface area contributed by atoms with Gasteiger partial charge in [0.05, 0.1) is 0 Å². The molecule has 1 aromatic rings. The largest absolute Gasteiger partial charge is 0.0651 e. The van der Waals surface area contributed by atoms with E-state index in [-0.39, 0.29) is 0 Å². The number of aryl methyl sites for hydroxylation is 2. The molecule has 0 aromatic heterocycles. The molecule has 54 valence electrons. The van der Waals surface area contributed by atoms with E-state index in [1.807, 2.05) is 0 Å². The zero-order valence-corrected chi connectivity index (χ0v) is 6.72. The van der Waals surface area contributed by atoms with Crippen LogP contribution in [0.4, 0.5) is 0 Å². The summed E-state index contributed by atoms with van der Waals surface area (Å²) in [7, 11) is 0. The number of benzene rings is 1. The Balaban J connectivity index is 2.81. The van der Waals surface area contributed by atoms with Gasteiger partial charge in [0.2, 0.25) is 0 Å². The maximum absolute atomic E-state index is 2.21. The molecule has 0 heterocycles. The first-order chi connectivity index (χ1) is 4.84. The molecular formula is C10H14. The molecule has 0 spiro atoms. The van der Waals surface area contributed by atoms with Crippen LogP contribution in [-0.4, -0.2) is 0 Å². The molecule has 0 saturated heterocycles. The lowest BCUT2D eigenvalue weighted by atomic mass is 10.1. The van der Waals surface area contributed by atoms with E-state index in [2.05, 4.69) is 38.1 Å². The van der Waals surface area contributed by atoms with Crippen LogP contribution in [0.1, 0.15) is 24.5 Å². The van der Waals surface area contributed by atoms with Crippen molar-refractivity contribution in [3.05, 3.63) is 35.4 Å². The second kappa shape index (κ2) is 3.40. The van der Waals surface area contributed by atoms with Gasteiger partial charge in [0, 0.05) is 0 Å².